The molecule has 2 atom stereocenters. The lowest BCUT2D eigenvalue weighted by molar-refractivity contribution is -0.0546. The van der Waals surface area contributed by atoms with Gasteiger partial charge in [0, 0.05) is 18.2 Å². The standard InChI is InChI=1S/C14H21NO4/c1-9-5-12(19-13(9)14(16)17-4)7-15-6-11(3)18-8-10(15)2/h5,10-11H,6-8H2,1-4H3/t10-,11-/m1/s1. The molecule has 0 aliphatic carbocycles. The van der Waals surface area contributed by atoms with Gasteiger partial charge in [-0.2, -0.15) is 0 Å². The van der Waals surface area contributed by atoms with Gasteiger partial charge in [0.15, 0.2) is 0 Å². The van der Waals surface area contributed by atoms with Crippen molar-refractivity contribution in [1.29, 1.82) is 0 Å². The fourth-order valence-electron chi connectivity index (χ4n) is 2.31. The Morgan fingerprint density at radius 2 is 2.26 bits per heavy atom. The van der Waals surface area contributed by atoms with Crippen LogP contribution >= 0.6 is 0 Å². The number of furan rings is 1. The summed E-state index contributed by atoms with van der Waals surface area (Å²) in [6.45, 7) is 8.32. The van der Waals surface area contributed by atoms with Crippen molar-refractivity contribution in [2.45, 2.75) is 39.5 Å². The van der Waals surface area contributed by atoms with Crippen molar-refractivity contribution in [2.24, 2.45) is 0 Å². The molecule has 2 heterocycles. The van der Waals surface area contributed by atoms with Gasteiger partial charge < -0.3 is 13.9 Å². The van der Waals surface area contributed by atoms with Crippen molar-refractivity contribution < 1.29 is 18.7 Å². The van der Waals surface area contributed by atoms with E-state index in [4.69, 9.17) is 13.9 Å². The first-order chi connectivity index (χ1) is 9.01. The van der Waals surface area contributed by atoms with Gasteiger partial charge in [-0.15, -0.1) is 0 Å². The van der Waals surface area contributed by atoms with E-state index in [1.807, 2.05) is 13.0 Å². The minimum Gasteiger partial charge on any atom is -0.463 e. The third kappa shape index (κ3) is 3.16. The minimum atomic E-state index is -0.424. The second-order valence-electron chi connectivity index (χ2n) is 5.14. The van der Waals surface area contributed by atoms with E-state index in [1.54, 1.807) is 0 Å². The number of ether oxygens (including phenoxy) is 2. The van der Waals surface area contributed by atoms with Gasteiger partial charge in [-0.1, -0.05) is 0 Å². The summed E-state index contributed by atoms with van der Waals surface area (Å²) >= 11 is 0. The second kappa shape index (κ2) is 5.75. The van der Waals surface area contributed by atoms with Crippen LogP contribution in [-0.4, -0.2) is 43.3 Å². The molecule has 5 heteroatoms. The third-order valence-electron chi connectivity index (χ3n) is 3.44. The topological polar surface area (TPSA) is 51.9 Å². The second-order valence-corrected chi connectivity index (χ2v) is 5.14. The van der Waals surface area contributed by atoms with Crippen LogP contribution in [0.5, 0.6) is 0 Å². The van der Waals surface area contributed by atoms with Gasteiger partial charge in [0.05, 0.1) is 26.4 Å². The highest BCUT2D eigenvalue weighted by Gasteiger charge is 2.25. The van der Waals surface area contributed by atoms with E-state index >= 15 is 0 Å². The van der Waals surface area contributed by atoms with Crippen molar-refractivity contribution >= 4 is 5.97 Å². The zero-order valence-electron chi connectivity index (χ0n) is 11.9. The molecular weight excluding hydrogens is 246 g/mol. The number of carbonyl (C=O) groups is 1. The molecule has 0 unspecified atom stereocenters. The molecule has 1 saturated heterocycles. The van der Waals surface area contributed by atoms with Crippen molar-refractivity contribution in [3.63, 3.8) is 0 Å². The van der Waals surface area contributed by atoms with Gasteiger partial charge in [0.25, 0.3) is 0 Å². The number of hydrogen-bond donors (Lipinski definition) is 0. The van der Waals surface area contributed by atoms with Crippen molar-refractivity contribution in [2.75, 3.05) is 20.3 Å². The summed E-state index contributed by atoms with van der Waals surface area (Å²) in [4.78, 5) is 13.8. The van der Waals surface area contributed by atoms with Gasteiger partial charge in [-0.25, -0.2) is 4.79 Å². The zero-order chi connectivity index (χ0) is 14.0. The van der Waals surface area contributed by atoms with E-state index in [1.165, 1.54) is 7.11 Å². The Labute approximate surface area is 113 Å². The lowest BCUT2D eigenvalue weighted by Crippen LogP contribution is -2.46. The van der Waals surface area contributed by atoms with Crippen molar-refractivity contribution in [3.05, 3.63) is 23.2 Å². The van der Waals surface area contributed by atoms with E-state index in [2.05, 4.69) is 18.7 Å². The van der Waals surface area contributed by atoms with E-state index < -0.39 is 5.97 Å². The third-order valence-corrected chi connectivity index (χ3v) is 3.44. The Bertz CT molecular complexity index is 454. The number of methoxy groups -OCH3 is 1. The lowest BCUT2D eigenvalue weighted by atomic mass is 10.2. The number of rotatable bonds is 3. The molecule has 0 saturated carbocycles. The molecule has 1 aliphatic heterocycles. The quantitative estimate of drug-likeness (QED) is 0.784. The maximum atomic E-state index is 11.5. The van der Waals surface area contributed by atoms with Crippen LogP contribution in [0.15, 0.2) is 10.5 Å². The summed E-state index contributed by atoms with van der Waals surface area (Å²) in [7, 11) is 1.36. The predicted molar refractivity (Wildman–Crippen MR) is 70.1 cm³/mol. The molecule has 2 rings (SSSR count). The van der Waals surface area contributed by atoms with E-state index in [9.17, 15) is 4.79 Å². The number of aryl methyl sites for hydroxylation is 1. The van der Waals surface area contributed by atoms with Gasteiger partial charge >= 0.3 is 5.97 Å². The van der Waals surface area contributed by atoms with Crippen LogP contribution < -0.4 is 0 Å². The normalized spacial score (nSPS) is 24.4. The van der Waals surface area contributed by atoms with Crippen molar-refractivity contribution in [1.82, 2.24) is 4.90 Å². The monoisotopic (exact) mass is 267 g/mol. The summed E-state index contributed by atoms with van der Waals surface area (Å²) in [6, 6.07) is 2.25. The highest BCUT2D eigenvalue weighted by atomic mass is 16.5. The first kappa shape index (κ1) is 14.1. The van der Waals surface area contributed by atoms with Crippen LogP contribution in [0.4, 0.5) is 0 Å². The van der Waals surface area contributed by atoms with Crippen LogP contribution in [0.25, 0.3) is 0 Å². The number of nitrogens with zero attached hydrogens (tertiary/aromatic N) is 1. The summed E-state index contributed by atoms with van der Waals surface area (Å²) in [5, 5.41) is 0. The highest BCUT2D eigenvalue weighted by Crippen LogP contribution is 2.20. The predicted octanol–water partition coefficient (Wildman–Crippen LogP) is 1.98. The van der Waals surface area contributed by atoms with Crippen LogP contribution in [0.1, 0.15) is 35.7 Å². The number of morpholine rings is 1. The molecule has 0 amide bonds. The molecule has 1 aromatic heterocycles. The fraction of sp³-hybridized carbons (Fsp3) is 0.643. The van der Waals surface area contributed by atoms with Crippen LogP contribution in [0.2, 0.25) is 0 Å². The first-order valence-electron chi connectivity index (χ1n) is 6.54. The Hall–Kier alpha value is -1.33. The number of hydrogen-bond acceptors (Lipinski definition) is 5. The van der Waals surface area contributed by atoms with Gasteiger partial charge in [-0.3, -0.25) is 4.90 Å². The molecule has 0 N–H and O–H groups in total. The summed E-state index contributed by atoms with van der Waals surface area (Å²) in [5.41, 5.74) is 0.816. The van der Waals surface area contributed by atoms with Crippen LogP contribution in [0.3, 0.4) is 0 Å². The number of carbonyl (C=O) groups excluding carboxylic acids is 1. The molecule has 1 fully saturated rings. The Balaban J connectivity index is 2.08. The average molecular weight is 267 g/mol. The first-order valence-corrected chi connectivity index (χ1v) is 6.54. The minimum absolute atomic E-state index is 0.229. The smallest absolute Gasteiger partial charge is 0.374 e. The SMILES string of the molecule is COC(=O)c1oc(CN2C[C@@H](C)OC[C@H]2C)cc1C. The molecule has 1 aliphatic rings. The average Bonchev–Trinajstić information content (AvgIpc) is 2.74. The lowest BCUT2D eigenvalue weighted by Gasteiger charge is -2.36. The summed E-state index contributed by atoms with van der Waals surface area (Å²) < 4.78 is 15.9. The molecule has 0 aromatic carbocycles. The van der Waals surface area contributed by atoms with E-state index in [0.29, 0.717) is 18.3 Å². The summed E-state index contributed by atoms with van der Waals surface area (Å²) in [6.07, 6.45) is 0.229. The molecule has 1 aromatic rings. The Morgan fingerprint density at radius 3 is 2.95 bits per heavy atom. The maximum absolute atomic E-state index is 11.5. The van der Waals surface area contributed by atoms with Crippen LogP contribution in [0, 0.1) is 6.92 Å². The largest absolute Gasteiger partial charge is 0.463 e. The maximum Gasteiger partial charge on any atom is 0.374 e. The van der Waals surface area contributed by atoms with Crippen molar-refractivity contribution in [3.8, 4) is 0 Å². The van der Waals surface area contributed by atoms with E-state index in [0.717, 1.165) is 24.5 Å². The number of esters is 1. The van der Waals surface area contributed by atoms with Crippen LogP contribution in [-0.2, 0) is 16.0 Å². The Morgan fingerprint density at radius 1 is 1.53 bits per heavy atom. The molecule has 106 valence electrons. The van der Waals surface area contributed by atoms with Gasteiger partial charge in [0.2, 0.25) is 5.76 Å². The fourth-order valence-corrected chi connectivity index (χ4v) is 2.31. The van der Waals surface area contributed by atoms with Gasteiger partial charge in [-0.05, 0) is 26.8 Å². The highest BCUT2D eigenvalue weighted by molar-refractivity contribution is 5.87. The molecular formula is C14H21NO4. The van der Waals surface area contributed by atoms with Gasteiger partial charge in [0.1, 0.15) is 5.76 Å². The zero-order valence-corrected chi connectivity index (χ0v) is 11.9. The Kier molecular flexibility index (Phi) is 4.27. The molecule has 0 bridgehead atoms. The molecule has 5 nitrogen and oxygen atoms in total. The molecule has 0 spiro atoms. The molecule has 0 radical (unpaired) electrons. The molecule has 19 heavy (non-hydrogen) atoms. The summed E-state index contributed by atoms with van der Waals surface area (Å²) in [5.74, 6) is 0.664. The van der Waals surface area contributed by atoms with E-state index in [-0.39, 0.29) is 6.10 Å².